The van der Waals surface area contributed by atoms with Crippen LogP contribution in [0, 0.1) is 17.2 Å². The topological polar surface area (TPSA) is 90.3 Å². The highest BCUT2D eigenvalue weighted by atomic mass is 32.2. The SMILES string of the molecule is CC1(C)CCC(NC(=O)C2CCN(S(=O)(=O)c3ccc(C#N)cc3)CC2)c2ccccc21. The van der Waals surface area contributed by atoms with Gasteiger partial charge in [-0.2, -0.15) is 9.57 Å². The quantitative estimate of drug-likeness (QED) is 0.764. The van der Waals surface area contributed by atoms with Crippen LogP contribution in [0.2, 0.25) is 0 Å². The molecule has 0 radical (unpaired) electrons. The number of benzene rings is 2. The summed E-state index contributed by atoms with van der Waals surface area (Å²) in [7, 11) is -3.62. The predicted octanol–water partition coefficient (Wildman–Crippen LogP) is 3.89. The summed E-state index contributed by atoms with van der Waals surface area (Å²) in [4.78, 5) is 13.2. The van der Waals surface area contributed by atoms with Gasteiger partial charge in [0.05, 0.1) is 22.6 Å². The van der Waals surface area contributed by atoms with Gasteiger partial charge in [-0.3, -0.25) is 4.79 Å². The number of hydrogen-bond donors (Lipinski definition) is 1. The van der Waals surface area contributed by atoms with Gasteiger partial charge in [0.2, 0.25) is 15.9 Å². The van der Waals surface area contributed by atoms with Gasteiger partial charge in [0.1, 0.15) is 0 Å². The number of carbonyl (C=O) groups excluding carboxylic acids is 1. The fraction of sp³-hybridized carbons (Fsp3) is 0.440. The molecule has 0 aromatic heterocycles. The third-order valence-corrected chi connectivity index (χ3v) is 8.80. The Morgan fingerprint density at radius 1 is 1.06 bits per heavy atom. The van der Waals surface area contributed by atoms with E-state index in [4.69, 9.17) is 5.26 Å². The summed E-state index contributed by atoms with van der Waals surface area (Å²) < 4.78 is 27.3. The van der Waals surface area contributed by atoms with Gasteiger partial charge < -0.3 is 5.32 Å². The van der Waals surface area contributed by atoms with Crippen LogP contribution in [0.5, 0.6) is 0 Å². The lowest BCUT2D eigenvalue weighted by Crippen LogP contribution is -2.44. The van der Waals surface area contributed by atoms with Crippen LogP contribution in [0.15, 0.2) is 53.4 Å². The Labute approximate surface area is 190 Å². The van der Waals surface area contributed by atoms with E-state index >= 15 is 0 Å². The van der Waals surface area contributed by atoms with E-state index in [0.717, 1.165) is 12.8 Å². The molecule has 1 saturated heterocycles. The highest BCUT2D eigenvalue weighted by molar-refractivity contribution is 7.89. The fourth-order valence-electron chi connectivity index (χ4n) is 4.86. The molecule has 1 aliphatic heterocycles. The molecular weight excluding hydrogens is 422 g/mol. The lowest BCUT2D eigenvalue weighted by Gasteiger charge is -2.38. The molecule has 4 rings (SSSR count). The molecule has 7 heteroatoms. The minimum Gasteiger partial charge on any atom is -0.349 e. The molecule has 2 aromatic carbocycles. The number of hydrogen-bond acceptors (Lipinski definition) is 4. The molecular formula is C25H29N3O3S. The Morgan fingerprint density at radius 2 is 1.72 bits per heavy atom. The average molecular weight is 452 g/mol. The summed E-state index contributed by atoms with van der Waals surface area (Å²) in [6, 6.07) is 16.3. The van der Waals surface area contributed by atoms with Crippen LogP contribution >= 0.6 is 0 Å². The van der Waals surface area contributed by atoms with Gasteiger partial charge in [-0.1, -0.05) is 38.1 Å². The summed E-state index contributed by atoms with van der Waals surface area (Å²) in [5, 5.41) is 12.2. The van der Waals surface area contributed by atoms with Gasteiger partial charge in [0, 0.05) is 19.0 Å². The van der Waals surface area contributed by atoms with Gasteiger partial charge >= 0.3 is 0 Å². The number of amides is 1. The molecule has 1 amide bonds. The van der Waals surface area contributed by atoms with Crippen LogP contribution in [-0.2, 0) is 20.2 Å². The third-order valence-electron chi connectivity index (χ3n) is 6.89. The normalized spacial score (nSPS) is 21.3. The Kier molecular flexibility index (Phi) is 6.11. The maximum Gasteiger partial charge on any atom is 0.243 e. The average Bonchev–Trinajstić information content (AvgIpc) is 2.81. The number of nitrogens with one attached hydrogen (secondary N) is 1. The lowest BCUT2D eigenvalue weighted by molar-refractivity contribution is -0.127. The molecule has 6 nitrogen and oxygen atoms in total. The van der Waals surface area contributed by atoms with E-state index in [2.05, 4.69) is 37.4 Å². The van der Waals surface area contributed by atoms with E-state index in [0.29, 0.717) is 31.5 Å². The molecule has 1 atom stereocenters. The molecule has 0 saturated carbocycles. The van der Waals surface area contributed by atoms with Crippen molar-refractivity contribution < 1.29 is 13.2 Å². The van der Waals surface area contributed by atoms with Crippen LogP contribution in [0.4, 0.5) is 0 Å². The molecule has 1 fully saturated rings. The van der Waals surface area contributed by atoms with Gasteiger partial charge in [0.15, 0.2) is 0 Å². The monoisotopic (exact) mass is 451 g/mol. The number of rotatable bonds is 4. The maximum absolute atomic E-state index is 13.0. The first-order valence-corrected chi connectivity index (χ1v) is 12.6. The minimum absolute atomic E-state index is 0.00661. The first-order valence-electron chi connectivity index (χ1n) is 11.1. The number of nitriles is 1. The number of piperidine rings is 1. The summed E-state index contributed by atoms with van der Waals surface area (Å²) in [6.07, 6.45) is 2.92. The standard InChI is InChI=1S/C25H29N3O3S/c1-25(2)14-11-23(21-5-3-4-6-22(21)25)27-24(29)19-12-15-28(16-13-19)32(30,31)20-9-7-18(17-26)8-10-20/h3-10,19,23H,11-16H2,1-2H3,(H,27,29). The first kappa shape index (κ1) is 22.5. The van der Waals surface area contributed by atoms with E-state index < -0.39 is 10.0 Å². The smallest absolute Gasteiger partial charge is 0.243 e. The van der Waals surface area contributed by atoms with Gasteiger partial charge in [0.25, 0.3) is 0 Å². The zero-order chi connectivity index (χ0) is 22.9. The fourth-order valence-corrected chi connectivity index (χ4v) is 6.33. The Morgan fingerprint density at radius 3 is 2.38 bits per heavy atom. The minimum atomic E-state index is -3.62. The molecule has 168 valence electrons. The Balaban J connectivity index is 1.39. The third kappa shape index (κ3) is 4.30. The van der Waals surface area contributed by atoms with Crippen molar-refractivity contribution in [3.05, 3.63) is 65.2 Å². The lowest BCUT2D eigenvalue weighted by atomic mass is 9.71. The summed E-state index contributed by atoms with van der Waals surface area (Å²) in [5.74, 6) is -0.176. The van der Waals surface area contributed by atoms with Crippen molar-refractivity contribution in [1.82, 2.24) is 9.62 Å². The van der Waals surface area contributed by atoms with Crippen molar-refractivity contribution in [2.75, 3.05) is 13.1 Å². The van der Waals surface area contributed by atoms with Gasteiger partial charge in [-0.05, 0) is 66.5 Å². The van der Waals surface area contributed by atoms with Crippen LogP contribution in [0.3, 0.4) is 0 Å². The second kappa shape index (κ2) is 8.68. The predicted molar refractivity (Wildman–Crippen MR) is 122 cm³/mol. The molecule has 1 aliphatic carbocycles. The van der Waals surface area contributed by atoms with Gasteiger partial charge in [-0.25, -0.2) is 8.42 Å². The van der Waals surface area contributed by atoms with Crippen molar-refractivity contribution >= 4 is 15.9 Å². The Bertz CT molecular complexity index is 1140. The van der Waals surface area contributed by atoms with E-state index in [9.17, 15) is 13.2 Å². The Hall–Kier alpha value is -2.69. The highest BCUT2D eigenvalue weighted by Crippen LogP contribution is 2.41. The van der Waals surface area contributed by atoms with Crippen molar-refractivity contribution in [3.8, 4) is 6.07 Å². The molecule has 1 unspecified atom stereocenters. The highest BCUT2D eigenvalue weighted by Gasteiger charge is 2.36. The van der Waals surface area contributed by atoms with E-state index in [-0.39, 0.29) is 28.2 Å². The number of fused-ring (bicyclic) bond motifs is 1. The maximum atomic E-state index is 13.0. The summed E-state index contributed by atoms with van der Waals surface area (Å²) in [5.41, 5.74) is 3.01. The summed E-state index contributed by atoms with van der Waals surface area (Å²) in [6.45, 7) is 5.12. The first-order chi connectivity index (χ1) is 15.2. The van der Waals surface area contributed by atoms with Gasteiger partial charge in [-0.15, -0.1) is 0 Å². The van der Waals surface area contributed by atoms with Crippen molar-refractivity contribution in [3.63, 3.8) is 0 Å². The second-order valence-corrected chi connectivity index (χ2v) is 11.3. The van der Waals surface area contributed by atoms with E-state index in [1.165, 1.54) is 39.7 Å². The zero-order valence-corrected chi connectivity index (χ0v) is 19.4. The van der Waals surface area contributed by atoms with Crippen LogP contribution < -0.4 is 5.32 Å². The largest absolute Gasteiger partial charge is 0.349 e. The number of carbonyl (C=O) groups is 1. The number of nitrogens with zero attached hydrogens (tertiary/aromatic N) is 2. The number of sulfonamides is 1. The van der Waals surface area contributed by atoms with E-state index in [1.807, 2.05) is 12.1 Å². The van der Waals surface area contributed by atoms with Crippen molar-refractivity contribution in [1.29, 1.82) is 5.26 Å². The van der Waals surface area contributed by atoms with Crippen LogP contribution in [-0.4, -0.2) is 31.7 Å². The van der Waals surface area contributed by atoms with E-state index in [1.54, 1.807) is 0 Å². The summed E-state index contributed by atoms with van der Waals surface area (Å²) >= 11 is 0. The molecule has 1 N–H and O–H groups in total. The van der Waals surface area contributed by atoms with Crippen LogP contribution in [0.1, 0.15) is 62.3 Å². The second-order valence-electron chi connectivity index (χ2n) is 9.39. The zero-order valence-electron chi connectivity index (χ0n) is 18.5. The molecule has 2 aromatic rings. The van der Waals surface area contributed by atoms with Crippen LogP contribution in [0.25, 0.3) is 0 Å². The molecule has 32 heavy (non-hydrogen) atoms. The molecule has 0 spiro atoms. The van der Waals surface area contributed by atoms with Crippen molar-refractivity contribution in [2.24, 2.45) is 5.92 Å². The molecule has 0 bridgehead atoms. The molecule has 2 aliphatic rings. The van der Waals surface area contributed by atoms with Crippen molar-refractivity contribution in [2.45, 2.75) is 55.9 Å². The molecule has 1 heterocycles.